The monoisotopic (exact) mass is 747 g/mol. The molecule has 0 atom stereocenters. The number of benzene rings is 5. The average Bonchev–Trinajstić information content (AvgIpc) is 3.21. The van der Waals surface area contributed by atoms with E-state index < -0.39 is 16.7 Å². The van der Waals surface area contributed by atoms with Gasteiger partial charge in [-0.3, -0.25) is 66.6 Å². The minimum Gasteiger partial charge on any atom is -0.348 e. The van der Waals surface area contributed by atoms with Crippen molar-refractivity contribution in [2.75, 3.05) is 28.1 Å². The summed E-state index contributed by atoms with van der Waals surface area (Å²) in [6.45, 7) is 6.12. The van der Waals surface area contributed by atoms with Crippen LogP contribution >= 0.6 is 0 Å². The third-order valence-electron chi connectivity index (χ3n) is 7.08. The SMILES string of the molecule is CCNC(=O)C(=O)NNc1ccc(C)cc1.Cc1ccc(NNC(=O)c2ccc([N+](=O)[O-])cc2)cc1.O=CNNc1ccc(NC(=O)c2ccccc2)cc1. The number of rotatable bonds is 12. The van der Waals surface area contributed by atoms with E-state index in [0.29, 0.717) is 29.8 Å². The van der Waals surface area contributed by atoms with E-state index in [2.05, 4.69) is 43.2 Å². The van der Waals surface area contributed by atoms with Gasteiger partial charge < -0.3 is 10.6 Å². The molecule has 0 aromatic heterocycles. The highest BCUT2D eigenvalue weighted by Crippen LogP contribution is 2.15. The number of nitro benzene ring substituents is 1. The van der Waals surface area contributed by atoms with Crippen LogP contribution in [0.1, 0.15) is 38.8 Å². The van der Waals surface area contributed by atoms with Crippen LogP contribution in [0.2, 0.25) is 0 Å². The Balaban J connectivity index is 0.000000223. The van der Waals surface area contributed by atoms with Crippen molar-refractivity contribution in [1.29, 1.82) is 0 Å². The second-order valence-electron chi connectivity index (χ2n) is 11.3. The Morgan fingerprint density at radius 2 is 1.05 bits per heavy atom. The van der Waals surface area contributed by atoms with Crippen molar-refractivity contribution >= 4 is 58.5 Å². The van der Waals surface area contributed by atoms with E-state index >= 15 is 0 Å². The van der Waals surface area contributed by atoms with Gasteiger partial charge in [0.1, 0.15) is 0 Å². The van der Waals surface area contributed by atoms with E-state index in [0.717, 1.165) is 28.2 Å². The molecular weight excluding hydrogens is 706 g/mol. The molecule has 5 rings (SSSR count). The van der Waals surface area contributed by atoms with Crippen LogP contribution in [0.5, 0.6) is 0 Å². The predicted molar refractivity (Wildman–Crippen MR) is 211 cm³/mol. The Bertz CT molecular complexity index is 2010. The summed E-state index contributed by atoms with van der Waals surface area (Å²) in [4.78, 5) is 66.1. The van der Waals surface area contributed by atoms with Crippen LogP contribution in [0.15, 0.2) is 127 Å². The maximum atomic E-state index is 11.9. The van der Waals surface area contributed by atoms with Gasteiger partial charge in [0.2, 0.25) is 6.41 Å². The fourth-order valence-corrected chi connectivity index (χ4v) is 4.18. The van der Waals surface area contributed by atoms with E-state index in [1.54, 1.807) is 43.3 Å². The molecule has 5 aromatic rings. The standard InChI is InChI=1S/C14H13N3O3.C14H13N3O2.C11H15N3O2/c1-10-2-6-12(7-3-10)15-16-14(18)11-4-8-13(9-5-11)17(19)20;18-10-15-17-13-8-6-12(7-9-13)16-14(19)11-4-2-1-3-5-11;1-3-12-10(15)11(16)14-13-9-6-4-8(2)5-7-9/h2-9,15H,1H3,(H,16,18);1-10,17H,(H,15,18)(H,16,19);4-7,13H,3H2,1-2H3,(H,12,15)(H,14,16). The molecule has 5 amide bonds. The lowest BCUT2D eigenvalue weighted by atomic mass is 10.2. The quantitative estimate of drug-likeness (QED) is 0.0358. The predicted octanol–water partition coefficient (Wildman–Crippen LogP) is 5.25. The van der Waals surface area contributed by atoms with Gasteiger partial charge in [-0.2, -0.15) is 0 Å². The number of nitrogens with zero attached hydrogens (tertiary/aromatic N) is 1. The molecule has 0 radical (unpaired) electrons. The molecule has 55 heavy (non-hydrogen) atoms. The van der Waals surface area contributed by atoms with E-state index in [1.165, 1.54) is 24.3 Å². The molecule has 0 aliphatic carbocycles. The number of aryl methyl sites for hydroxylation is 2. The number of nitro groups is 1. The second-order valence-corrected chi connectivity index (χ2v) is 11.3. The van der Waals surface area contributed by atoms with Crippen LogP contribution < -0.4 is 43.2 Å². The highest BCUT2D eigenvalue weighted by atomic mass is 16.6. The summed E-state index contributed by atoms with van der Waals surface area (Å²) in [6, 6.07) is 36.3. The minimum atomic E-state index is -0.706. The number of nitrogens with one attached hydrogen (secondary N) is 8. The lowest BCUT2D eigenvalue weighted by molar-refractivity contribution is -0.384. The van der Waals surface area contributed by atoms with Crippen molar-refractivity contribution in [3.8, 4) is 0 Å². The van der Waals surface area contributed by atoms with Gasteiger partial charge in [-0.1, -0.05) is 53.6 Å². The fourth-order valence-electron chi connectivity index (χ4n) is 4.18. The summed E-state index contributed by atoms with van der Waals surface area (Å²) >= 11 is 0. The molecule has 16 heteroatoms. The Hall–Kier alpha value is -7.75. The number of hydrogen-bond donors (Lipinski definition) is 8. The van der Waals surface area contributed by atoms with E-state index in [9.17, 15) is 34.1 Å². The van der Waals surface area contributed by atoms with Crippen LogP contribution in [0.25, 0.3) is 0 Å². The third-order valence-corrected chi connectivity index (χ3v) is 7.08. The van der Waals surface area contributed by atoms with Crippen LogP contribution in [0.4, 0.5) is 28.4 Å². The molecule has 8 N–H and O–H groups in total. The lowest BCUT2D eigenvalue weighted by Crippen LogP contribution is -2.42. The molecule has 0 unspecified atom stereocenters. The van der Waals surface area contributed by atoms with Crippen LogP contribution in [-0.2, 0) is 14.4 Å². The molecule has 16 nitrogen and oxygen atoms in total. The Labute approximate surface area is 317 Å². The summed E-state index contributed by atoms with van der Waals surface area (Å²) in [5.41, 5.74) is 21.3. The number of hydrazine groups is 3. The zero-order valence-corrected chi connectivity index (χ0v) is 30.2. The van der Waals surface area contributed by atoms with E-state index in [1.807, 2.05) is 80.6 Å². The Morgan fingerprint density at radius 1 is 0.582 bits per heavy atom. The molecule has 0 aliphatic heterocycles. The van der Waals surface area contributed by atoms with Crippen LogP contribution in [-0.4, -0.2) is 41.5 Å². The first kappa shape index (κ1) is 41.7. The summed E-state index contributed by atoms with van der Waals surface area (Å²) in [6.07, 6.45) is 0.547. The maximum Gasteiger partial charge on any atom is 0.327 e. The zero-order valence-electron chi connectivity index (χ0n) is 30.2. The first-order chi connectivity index (χ1) is 26.5. The molecule has 0 spiro atoms. The number of amides is 5. The lowest BCUT2D eigenvalue weighted by Gasteiger charge is -2.08. The molecule has 0 saturated heterocycles. The second kappa shape index (κ2) is 22.2. The summed E-state index contributed by atoms with van der Waals surface area (Å²) in [5.74, 6) is -1.88. The number of carbonyl (C=O) groups excluding carboxylic acids is 5. The highest BCUT2D eigenvalue weighted by Gasteiger charge is 2.11. The molecule has 0 saturated carbocycles. The first-order valence-corrected chi connectivity index (χ1v) is 16.7. The first-order valence-electron chi connectivity index (χ1n) is 16.7. The number of hydrogen-bond acceptors (Lipinski definition) is 10. The van der Waals surface area contributed by atoms with Gasteiger partial charge in [0, 0.05) is 35.5 Å². The molecule has 5 aromatic carbocycles. The van der Waals surface area contributed by atoms with Crippen molar-refractivity contribution in [2.45, 2.75) is 20.8 Å². The highest BCUT2D eigenvalue weighted by molar-refractivity contribution is 6.35. The number of carbonyl (C=O) groups is 5. The minimum absolute atomic E-state index is 0.0481. The van der Waals surface area contributed by atoms with Crippen molar-refractivity contribution < 1.29 is 28.9 Å². The van der Waals surface area contributed by atoms with Gasteiger partial charge in [0.15, 0.2) is 0 Å². The van der Waals surface area contributed by atoms with E-state index in [-0.39, 0.29) is 17.5 Å². The number of anilines is 4. The molecule has 0 bridgehead atoms. The van der Waals surface area contributed by atoms with E-state index in [4.69, 9.17) is 0 Å². The van der Waals surface area contributed by atoms with Gasteiger partial charge >= 0.3 is 11.8 Å². The van der Waals surface area contributed by atoms with Gasteiger partial charge in [0.25, 0.3) is 17.5 Å². The van der Waals surface area contributed by atoms with Crippen molar-refractivity contribution in [3.05, 3.63) is 160 Å². The number of non-ortho nitro benzene ring substituents is 1. The topological polar surface area (TPSA) is 225 Å². The largest absolute Gasteiger partial charge is 0.348 e. The Morgan fingerprint density at radius 3 is 1.56 bits per heavy atom. The number of likely N-dealkylation sites (N-methyl/N-ethyl adjacent to an activating group) is 1. The van der Waals surface area contributed by atoms with Gasteiger partial charge in [-0.15, -0.1) is 0 Å². The fraction of sp³-hybridized carbons (Fsp3) is 0.103. The molecule has 284 valence electrons. The van der Waals surface area contributed by atoms with Crippen LogP contribution in [0, 0.1) is 24.0 Å². The smallest absolute Gasteiger partial charge is 0.327 e. The van der Waals surface area contributed by atoms with Crippen LogP contribution in [0.3, 0.4) is 0 Å². The Kier molecular flexibility index (Phi) is 16.9. The summed E-state index contributed by atoms with van der Waals surface area (Å²) in [5, 5.41) is 15.7. The maximum absolute atomic E-state index is 11.9. The molecule has 0 heterocycles. The summed E-state index contributed by atoms with van der Waals surface area (Å²) in [7, 11) is 0. The normalized spacial score (nSPS) is 9.58. The van der Waals surface area contributed by atoms with Gasteiger partial charge in [-0.25, -0.2) is 0 Å². The third kappa shape index (κ3) is 15.2. The average molecular weight is 748 g/mol. The molecule has 0 fully saturated rings. The summed E-state index contributed by atoms with van der Waals surface area (Å²) < 4.78 is 0. The van der Waals surface area contributed by atoms with Crippen molar-refractivity contribution in [2.24, 2.45) is 0 Å². The van der Waals surface area contributed by atoms with Crippen molar-refractivity contribution in [3.63, 3.8) is 0 Å². The van der Waals surface area contributed by atoms with Crippen molar-refractivity contribution in [1.82, 2.24) is 21.6 Å². The van der Waals surface area contributed by atoms with Gasteiger partial charge in [-0.05, 0) is 93.6 Å². The zero-order chi connectivity index (χ0) is 40.0. The molecule has 0 aliphatic rings. The van der Waals surface area contributed by atoms with Gasteiger partial charge in [0.05, 0.1) is 22.0 Å². The molecular formula is C39H41N9O7.